The maximum Gasteiger partial charge on any atom is 0.271 e. The molecule has 6 rings (SSSR count). The number of amides is 1. The number of nitrogens with zero attached hydrogens (tertiary/aromatic N) is 4. The second-order valence-electron chi connectivity index (χ2n) is 9.97. The predicted octanol–water partition coefficient (Wildman–Crippen LogP) is 7.54. The number of carbonyl (C=O) groups is 1. The zero-order valence-electron chi connectivity index (χ0n) is 22.8. The van der Waals surface area contributed by atoms with Crippen LogP contribution in [0, 0.1) is 25.2 Å². The van der Waals surface area contributed by atoms with Crippen LogP contribution in [0.3, 0.4) is 0 Å². The fourth-order valence-corrected chi connectivity index (χ4v) is 7.37. The summed E-state index contributed by atoms with van der Waals surface area (Å²) in [6, 6.07) is 21.8. The van der Waals surface area contributed by atoms with Crippen LogP contribution in [0.25, 0.3) is 16.3 Å². The van der Waals surface area contributed by atoms with Gasteiger partial charge >= 0.3 is 0 Å². The number of aromatic nitrogens is 2. The third-order valence-electron chi connectivity index (χ3n) is 7.28. The Hall–Kier alpha value is -4.52. The highest BCUT2D eigenvalue weighted by molar-refractivity contribution is 7.15. The Morgan fingerprint density at radius 3 is 2.66 bits per heavy atom. The highest BCUT2D eigenvalue weighted by atomic mass is 32.1. The van der Waals surface area contributed by atoms with Gasteiger partial charge in [-0.2, -0.15) is 10.4 Å². The van der Waals surface area contributed by atoms with Gasteiger partial charge in [-0.1, -0.05) is 30.3 Å². The van der Waals surface area contributed by atoms with Gasteiger partial charge in [-0.25, -0.2) is 10.4 Å². The summed E-state index contributed by atoms with van der Waals surface area (Å²) in [4.78, 5) is 18.7. The van der Waals surface area contributed by atoms with Crippen LogP contribution in [0.15, 0.2) is 71.1 Å². The Morgan fingerprint density at radius 2 is 1.88 bits per heavy atom. The number of anilines is 2. The van der Waals surface area contributed by atoms with Crippen molar-refractivity contribution in [3.63, 3.8) is 0 Å². The number of rotatable bonds is 7. The number of hydrogen-bond donors (Lipinski definition) is 2. The molecule has 0 spiro atoms. The first-order chi connectivity index (χ1) is 20.0. The summed E-state index contributed by atoms with van der Waals surface area (Å²) in [6.45, 7) is 4.06. The van der Waals surface area contributed by atoms with Gasteiger partial charge < -0.3 is 9.88 Å². The zero-order chi connectivity index (χ0) is 28.3. The molecule has 2 aromatic carbocycles. The lowest BCUT2D eigenvalue weighted by Gasteiger charge is -2.10. The average molecular weight is 577 g/mol. The predicted molar refractivity (Wildman–Crippen MR) is 167 cm³/mol. The van der Waals surface area contributed by atoms with Crippen LogP contribution in [0.1, 0.15) is 56.2 Å². The summed E-state index contributed by atoms with van der Waals surface area (Å²) in [5.74, 6) is -0.292. The first-order valence-electron chi connectivity index (χ1n) is 13.5. The van der Waals surface area contributed by atoms with Gasteiger partial charge in [0.1, 0.15) is 11.1 Å². The monoisotopic (exact) mass is 576 g/mol. The number of hydrazone groups is 1. The number of aryl methyl sites for hydroxylation is 2. The Kier molecular flexibility index (Phi) is 7.51. The summed E-state index contributed by atoms with van der Waals surface area (Å²) < 4.78 is 2.14. The third kappa shape index (κ3) is 5.44. The molecule has 7 nitrogen and oxygen atoms in total. The van der Waals surface area contributed by atoms with E-state index in [9.17, 15) is 10.1 Å². The number of thiazole rings is 1. The van der Waals surface area contributed by atoms with Crippen LogP contribution in [0.5, 0.6) is 0 Å². The van der Waals surface area contributed by atoms with E-state index in [1.54, 1.807) is 29.7 Å². The molecule has 1 aliphatic carbocycles. The summed E-state index contributed by atoms with van der Waals surface area (Å²) in [6.07, 6.45) is 6.01. The average Bonchev–Trinajstić information content (AvgIpc) is 3.69. The number of nitrogens with one attached hydrogen (secondary N) is 2. The summed E-state index contributed by atoms with van der Waals surface area (Å²) in [7, 11) is 0. The number of benzene rings is 2. The second-order valence-corrected chi connectivity index (χ2v) is 11.9. The molecule has 0 saturated carbocycles. The molecule has 0 bridgehead atoms. The van der Waals surface area contributed by atoms with Gasteiger partial charge in [0.2, 0.25) is 0 Å². The van der Waals surface area contributed by atoms with E-state index < -0.39 is 0 Å². The molecular formula is C32H28N6OS2. The molecule has 41 heavy (non-hydrogen) atoms. The number of carbonyl (C=O) groups excluding carboxylic acids is 1. The fraction of sp³-hybridized carbons (Fsp3) is 0.188. The minimum absolute atomic E-state index is 0.292. The molecule has 9 heteroatoms. The molecule has 0 aliphatic heterocycles. The SMILES string of the molecule is Cc1cc(/C=N/NC(=O)c2ccc(Nc3nc(-c4ccccc4)cs3)cc2)c(C)n1-c1sc2c(c1C#N)CCCC2. The van der Waals surface area contributed by atoms with E-state index in [-0.39, 0.29) is 5.91 Å². The lowest BCUT2D eigenvalue weighted by atomic mass is 9.96. The summed E-state index contributed by atoms with van der Waals surface area (Å²) in [5, 5.41) is 21.2. The minimum atomic E-state index is -0.292. The first kappa shape index (κ1) is 26.7. The van der Waals surface area contributed by atoms with E-state index in [0.717, 1.165) is 68.9 Å². The lowest BCUT2D eigenvalue weighted by molar-refractivity contribution is 0.0955. The number of nitriles is 1. The standard InChI is InChI=1S/C32H28N6OS2/c1-20-16-24(21(2)38(20)31-27(17-33)26-10-6-7-11-29(26)41-31)18-34-37-30(39)23-12-14-25(15-13-23)35-32-36-28(19-40-32)22-8-4-3-5-9-22/h3-5,8-9,12-16,18-19H,6-7,10-11H2,1-2H3,(H,35,36)(H,37,39)/b34-18+. The first-order valence-corrected chi connectivity index (χ1v) is 15.2. The van der Waals surface area contributed by atoms with Crippen LogP contribution in [-0.2, 0) is 12.8 Å². The Balaban J connectivity index is 1.11. The fourth-order valence-electron chi connectivity index (χ4n) is 5.18. The number of fused-ring (bicyclic) bond motifs is 1. The minimum Gasteiger partial charge on any atom is -0.332 e. The van der Waals surface area contributed by atoms with Crippen molar-refractivity contribution in [2.45, 2.75) is 39.5 Å². The van der Waals surface area contributed by atoms with Gasteiger partial charge in [-0.3, -0.25) is 4.79 Å². The van der Waals surface area contributed by atoms with Gasteiger partial charge in [0.25, 0.3) is 5.91 Å². The van der Waals surface area contributed by atoms with Crippen molar-refractivity contribution in [3.8, 4) is 22.3 Å². The maximum atomic E-state index is 12.7. The Morgan fingerprint density at radius 1 is 1.10 bits per heavy atom. The van der Waals surface area contributed by atoms with Crippen LogP contribution in [0.2, 0.25) is 0 Å². The van der Waals surface area contributed by atoms with Gasteiger partial charge in [-0.15, -0.1) is 22.7 Å². The molecule has 0 unspecified atom stereocenters. The van der Waals surface area contributed by atoms with Gasteiger partial charge in [0.15, 0.2) is 5.13 Å². The molecule has 0 radical (unpaired) electrons. The topological polar surface area (TPSA) is 95.1 Å². The molecule has 3 heterocycles. The summed E-state index contributed by atoms with van der Waals surface area (Å²) in [5.41, 5.74) is 10.9. The Bertz CT molecular complexity index is 1790. The molecule has 0 atom stereocenters. The summed E-state index contributed by atoms with van der Waals surface area (Å²) >= 11 is 3.26. The molecule has 1 aliphatic rings. The van der Waals surface area contributed by atoms with E-state index in [4.69, 9.17) is 0 Å². The molecule has 204 valence electrons. The van der Waals surface area contributed by atoms with E-state index in [1.165, 1.54) is 28.2 Å². The van der Waals surface area contributed by atoms with Crippen LogP contribution in [0.4, 0.5) is 10.8 Å². The smallest absolute Gasteiger partial charge is 0.271 e. The van der Waals surface area contributed by atoms with Crippen LogP contribution < -0.4 is 10.7 Å². The lowest BCUT2D eigenvalue weighted by Crippen LogP contribution is -2.17. The van der Waals surface area contributed by atoms with Crippen LogP contribution in [-0.4, -0.2) is 21.7 Å². The maximum absolute atomic E-state index is 12.7. The molecular weight excluding hydrogens is 549 g/mol. The molecule has 2 N–H and O–H groups in total. The molecule has 0 fully saturated rings. The number of thiophene rings is 1. The Labute approximate surface area is 246 Å². The number of hydrogen-bond acceptors (Lipinski definition) is 7. The molecule has 3 aromatic heterocycles. The van der Waals surface area contributed by atoms with Crippen molar-refractivity contribution in [2.24, 2.45) is 5.10 Å². The molecule has 5 aromatic rings. The van der Waals surface area contributed by atoms with Crippen molar-refractivity contribution >= 4 is 45.6 Å². The second kappa shape index (κ2) is 11.5. The highest BCUT2D eigenvalue weighted by Crippen LogP contribution is 2.38. The zero-order valence-corrected chi connectivity index (χ0v) is 24.4. The van der Waals surface area contributed by atoms with Gasteiger partial charge in [-0.05, 0) is 75.4 Å². The van der Waals surface area contributed by atoms with Crippen molar-refractivity contribution in [1.82, 2.24) is 15.0 Å². The highest BCUT2D eigenvalue weighted by Gasteiger charge is 2.23. The van der Waals surface area contributed by atoms with Crippen molar-refractivity contribution in [3.05, 3.63) is 105 Å². The molecule has 1 amide bonds. The van der Waals surface area contributed by atoms with Crippen LogP contribution >= 0.6 is 22.7 Å². The van der Waals surface area contributed by atoms with Crippen molar-refractivity contribution in [2.75, 3.05) is 5.32 Å². The van der Waals surface area contributed by atoms with E-state index in [2.05, 4.69) is 31.5 Å². The quantitative estimate of drug-likeness (QED) is 0.155. The van der Waals surface area contributed by atoms with Gasteiger partial charge in [0.05, 0.1) is 17.5 Å². The van der Waals surface area contributed by atoms with Crippen molar-refractivity contribution < 1.29 is 4.79 Å². The normalized spacial score (nSPS) is 12.7. The van der Waals surface area contributed by atoms with Gasteiger partial charge in [0, 0.05) is 44.0 Å². The van der Waals surface area contributed by atoms with E-state index in [1.807, 2.05) is 67.8 Å². The largest absolute Gasteiger partial charge is 0.332 e. The van der Waals surface area contributed by atoms with E-state index in [0.29, 0.717) is 5.56 Å². The van der Waals surface area contributed by atoms with E-state index >= 15 is 0 Å². The molecule has 0 saturated heterocycles. The third-order valence-corrected chi connectivity index (χ3v) is 9.31. The van der Waals surface area contributed by atoms with Crippen molar-refractivity contribution in [1.29, 1.82) is 5.26 Å².